The van der Waals surface area contributed by atoms with Crippen LogP contribution in [-0.2, 0) is 9.59 Å². The van der Waals surface area contributed by atoms with Gasteiger partial charge in [0.2, 0.25) is 11.8 Å². The summed E-state index contributed by atoms with van der Waals surface area (Å²) in [5.74, 6) is 1.99. The molecule has 4 nitrogen and oxygen atoms in total. The van der Waals surface area contributed by atoms with Gasteiger partial charge in [0.25, 0.3) is 0 Å². The molecule has 1 heterocycles. The van der Waals surface area contributed by atoms with Gasteiger partial charge in [0, 0.05) is 25.0 Å². The van der Waals surface area contributed by atoms with Crippen molar-refractivity contribution in [3.63, 3.8) is 0 Å². The van der Waals surface area contributed by atoms with Gasteiger partial charge < -0.3 is 10.2 Å². The first-order valence-electron chi connectivity index (χ1n) is 9.15. The zero-order valence-corrected chi connectivity index (χ0v) is 14.0. The normalized spacial score (nSPS) is 36.0. The smallest absolute Gasteiger partial charge is 0.225 e. The summed E-state index contributed by atoms with van der Waals surface area (Å²) in [5, 5.41) is 3.30. The van der Waals surface area contributed by atoms with Gasteiger partial charge in [-0.3, -0.25) is 9.59 Å². The summed E-state index contributed by atoms with van der Waals surface area (Å²) in [6.07, 6.45) is 7.58. The molecule has 1 N–H and O–H groups in total. The lowest BCUT2D eigenvalue weighted by Gasteiger charge is -2.37. The predicted octanol–water partition coefficient (Wildman–Crippen LogP) is 2.58. The van der Waals surface area contributed by atoms with Crippen LogP contribution in [0, 0.1) is 23.7 Å². The summed E-state index contributed by atoms with van der Waals surface area (Å²) in [6.45, 7) is 6.03. The molecule has 2 aliphatic carbocycles. The van der Waals surface area contributed by atoms with Crippen molar-refractivity contribution in [2.24, 2.45) is 23.7 Å². The molecule has 22 heavy (non-hydrogen) atoms. The van der Waals surface area contributed by atoms with E-state index < -0.39 is 0 Å². The molecule has 2 saturated carbocycles. The largest absolute Gasteiger partial charge is 0.353 e. The van der Waals surface area contributed by atoms with E-state index in [0.29, 0.717) is 24.4 Å². The van der Waals surface area contributed by atoms with E-state index in [1.54, 1.807) is 0 Å². The summed E-state index contributed by atoms with van der Waals surface area (Å²) in [4.78, 5) is 26.8. The lowest BCUT2D eigenvalue weighted by atomic mass is 9.78. The van der Waals surface area contributed by atoms with E-state index in [1.165, 1.54) is 12.8 Å². The van der Waals surface area contributed by atoms with Gasteiger partial charge in [-0.1, -0.05) is 26.7 Å². The second kappa shape index (κ2) is 6.59. The van der Waals surface area contributed by atoms with Gasteiger partial charge in [-0.25, -0.2) is 0 Å². The molecular formula is C18H30N2O2. The topological polar surface area (TPSA) is 49.4 Å². The number of carbonyl (C=O) groups excluding carboxylic acids is 2. The highest BCUT2D eigenvalue weighted by molar-refractivity contribution is 5.83. The quantitative estimate of drug-likeness (QED) is 0.871. The van der Waals surface area contributed by atoms with Gasteiger partial charge in [-0.2, -0.15) is 0 Å². The molecule has 4 atom stereocenters. The monoisotopic (exact) mass is 306 g/mol. The summed E-state index contributed by atoms with van der Waals surface area (Å²) in [6, 6.07) is 0.325. The SMILES string of the molecule is C[C@@H]1[C@H](C)CCC[C@@H]1NC(=O)[C@@H]1CCCN(C(=O)C2CC2)C1. The van der Waals surface area contributed by atoms with Crippen LogP contribution in [0.3, 0.4) is 0 Å². The second-order valence-corrected chi connectivity index (χ2v) is 7.78. The number of hydrogen-bond donors (Lipinski definition) is 1. The van der Waals surface area contributed by atoms with Gasteiger partial charge in [0.05, 0.1) is 5.92 Å². The first-order chi connectivity index (χ1) is 10.6. The van der Waals surface area contributed by atoms with Gasteiger partial charge in [-0.05, 0) is 43.9 Å². The van der Waals surface area contributed by atoms with E-state index in [4.69, 9.17) is 0 Å². The summed E-state index contributed by atoms with van der Waals surface area (Å²) >= 11 is 0. The Hall–Kier alpha value is -1.06. The van der Waals surface area contributed by atoms with E-state index in [0.717, 1.165) is 38.6 Å². The second-order valence-electron chi connectivity index (χ2n) is 7.78. The standard InChI is InChI=1S/C18H30N2O2/c1-12-5-3-7-16(13(12)2)19-17(21)15-6-4-10-20(11-15)18(22)14-8-9-14/h12-16H,3-11H2,1-2H3,(H,19,21)/t12-,13-,15-,16+/m1/s1. The van der Waals surface area contributed by atoms with Crippen molar-refractivity contribution >= 4 is 11.8 Å². The van der Waals surface area contributed by atoms with Crippen molar-refractivity contribution in [1.29, 1.82) is 0 Å². The highest BCUT2D eigenvalue weighted by Crippen LogP contribution is 2.33. The van der Waals surface area contributed by atoms with E-state index in [1.807, 2.05) is 4.90 Å². The van der Waals surface area contributed by atoms with Crippen LogP contribution >= 0.6 is 0 Å². The molecule has 2 amide bonds. The van der Waals surface area contributed by atoms with Crippen LogP contribution in [0.25, 0.3) is 0 Å². The van der Waals surface area contributed by atoms with Crippen molar-refractivity contribution < 1.29 is 9.59 Å². The van der Waals surface area contributed by atoms with Crippen molar-refractivity contribution in [2.75, 3.05) is 13.1 Å². The van der Waals surface area contributed by atoms with Gasteiger partial charge in [0.15, 0.2) is 0 Å². The molecular weight excluding hydrogens is 276 g/mol. The maximum absolute atomic E-state index is 12.6. The number of nitrogens with one attached hydrogen (secondary N) is 1. The maximum atomic E-state index is 12.6. The average molecular weight is 306 g/mol. The molecule has 0 unspecified atom stereocenters. The van der Waals surface area contributed by atoms with E-state index in [9.17, 15) is 9.59 Å². The van der Waals surface area contributed by atoms with E-state index in [2.05, 4.69) is 19.2 Å². The number of rotatable bonds is 3. The minimum atomic E-state index is 0.000817. The van der Waals surface area contributed by atoms with Crippen LogP contribution in [0.1, 0.15) is 58.8 Å². The molecule has 0 aromatic carbocycles. The molecule has 0 aromatic heterocycles. The number of nitrogens with zero attached hydrogens (tertiary/aromatic N) is 1. The minimum absolute atomic E-state index is 0.000817. The lowest BCUT2D eigenvalue weighted by molar-refractivity contribution is -0.137. The Balaban J connectivity index is 1.53. The fourth-order valence-corrected chi connectivity index (χ4v) is 4.07. The zero-order chi connectivity index (χ0) is 15.7. The van der Waals surface area contributed by atoms with Crippen molar-refractivity contribution in [2.45, 2.75) is 64.8 Å². The molecule has 3 rings (SSSR count). The predicted molar refractivity (Wildman–Crippen MR) is 86.1 cm³/mol. The average Bonchev–Trinajstić information content (AvgIpc) is 3.36. The summed E-state index contributed by atoms with van der Waals surface area (Å²) in [5.41, 5.74) is 0. The third-order valence-electron chi connectivity index (χ3n) is 6.06. The molecule has 1 saturated heterocycles. The van der Waals surface area contributed by atoms with Crippen LogP contribution < -0.4 is 5.32 Å². The Morgan fingerprint density at radius 3 is 2.45 bits per heavy atom. The highest BCUT2D eigenvalue weighted by atomic mass is 16.2. The Kier molecular flexibility index (Phi) is 4.74. The Morgan fingerprint density at radius 2 is 1.73 bits per heavy atom. The third kappa shape index (κ3) is 3.47. The molecule has 0 radical (unpaired) electrons. The molecule has 4 heteroatoms. The maximum Gasteiger partial charge on any atom is 0.225 e. The zero-order valence-electron chi connectivity index (χ0n) is 14.0. The number of amides is 2. The van der Waals surface area contributed by atoms with Gasteiger partial charge in [-0.15, -0.1) is 0 Å². The Bertz CT molecular complexity index is 433. The number of likely N-dealkylation sites (tertiary alicyclic amines) is 1. The van der Waals surface area contributed by atoms with Crippen molar-refractivity contribution in [3.05, 3.63) is 0 Å². The van der Waals surface area contributed by atoms with Crippen molar-refractivity contribution in [3.8, 4) is 0 Å². The first kappa shape index (κ1) is 15.8. The first-order valence-corrected chi connectivity index (χ1v) is 9.15. The number of hydrogen-bond acceptors (Lipinski definition) is 2. The molecule has 0 spiro atoms. The highest BCUT2D eigenvalue weighted by Gasteiger charge is 2.37. The third-order valence-corrected chi connectivity index (χ3v) is 6.06. The Morgan fingerprint density at radius 1 is 0.955 bits per heavy atom. The molecule has 0 aromatic rings. The fraction of sp³-hybridized carbons (Fsp3) is 0.889. The van der Waals surface area contributed by atoms with E-state index >= 15 is 0 Å². The molecule has 3 aliphatic rings. The minimum Gasteiger partial charge on any atom is -0.353 e. The summed E-state index contributed by atoms with van der Waals surface area (Å²) in [7, 11) is 0. The number of piperidine rings is 1. The van der Waals surface area contributed by atoms with Crippen molar-refractivity contribution in [1.82, 2.24) is 10.2 Å². The van der Waals surface area contributed by atoms with Crippen LogP contribution in [-0.4, -0.2) is 35.8 Å². The molecule has 1 aliphatic heterocycles. The lowest BCUT2D eigenvalue weighted by Crippen LogP contribution is -2.50. The Labute approximate surface area is 134 Å². The van der Waals surface area contributed by atoms with Crippen LogP contribution in [0.2, 0.25) is 0 Å². The van der Waals surface area contributed by atoms with Crippen LogP contribution in [0.4, 0.5) is 0 Å². The molecule has 0 bridgehead atoms. The molecule has 124 valence electrons. The fourth-order valence-electron chi connectivity index (χ4n) is 4.07. The number of carbonyl (C=O) groups is 2. The van der Waals surface area contributed by atoms with E-state index in [-0.39, 0.29) is 23.7 Å². The molecule has 3 fully saturated rings. The van der Waals surface area contributed by atoms with Gasteiger partial charge >= 0.3 is 0 Å². The van der Waals surface area contributed by atoms with Crippen LogP contribution in [0.5, 0.6) is 0 Å². The van der Waals surface area contributed by atoms with Crippen LogP contribution in [0.15, 0.2) is 0 Å². The van der Waals surface area contributed by atoms with Gasteiger partial charge in [0.1, 0.15) is 0 Å². The summed E-state index contributed by atoms with van der Waals surface area (Å²) < 4.78 is 0.